The fourth-order valence-corrected chi connectivity index (χ4v) is 3.24. The quantitative estimate of drug-likeness (QED) is 0.721. The van der Waals surface area contributed by atoms with E-state index in [9.17, 15) is 0 Å². The maximum absolute atomic E-state index is 6.27. The van der Waals surface area contributed by atoms with Crippen LogP contribution in [-0.4, -0.2) is 14.4 Å². The summed E-state index contributed by atoms with van der Waals surface area (Å²) in [5.74, 6) is 0.625. The third-order valence-electron chi connectivity index (χ3n) is 4.55. The molecule has 1 atom stereocenters. The summed E-state index contributed by atoms with van der Waals surface area (Å²) in [6, 6.07) is 8.55. The molecule has 0 spiro atoms. The Kier molecular flexibility index (Phi) is 3.10. The zero-order valence-electron chi connectivity index (χ0n) is 12.9. The van der Waals surface area contributed by atoms with E-state index in [2.05, 4.69) is 41.2 Å². The van der Waals surface area contributed by atoms with Gasteiger partial charge in [-0.05, 0) is 44.2 Å². The van der Waals surface area contributed by atoms with Crippen LogP contribution in [-0.2, 0) is 6.42 Å². The molecule has 4 nitrogen and oxygen atoms in total. The van der Waals surface area contributed by atoms with E-state index in [0.717, 1.165) is 36.3 Å². The van der Waals surface area contributed by atoms with E-state index in [4.69, 9.17) is 4.74 Å². The second kappa shape index (κ2) is 5.13. The Hall–Kier alpha value is -2.36. The summed E-state index contributed by atoms with van der Waals surface area (Å²) < 4.78 is 8.32. The lowest BCUT2D eigenvalue weighted by Gasteiger charge is -2.25. The van der Waals surface area contributed by atoms with Crippen molar-refractivity contribution in [2.24, 2.45) is 0 Å². The van der Waals surface area contributed by atoms with Crippen molar-refractivity contribution in [2.75, 3.05) is 0 Å². The van der Waals surface area contributed by atoms with Crippen molar-refractivity contribution in [3.05, 3.63) is 59.2 Å². The van der Waals surface area contributed by atoms with Gasteiger partial charge in [-0.1, -0.05) is 24.3 Å². The lowest BCUT2D eigenvalue weighted by atomic mass is 9.89. The van der Waals surface area contributed by atoms with Gasteiger partial charge >= 0.3 is 0 Å². The maximum atomic E-state index is 6.27. The standard InChI is InChI=1S/C18H19N3O/c1-12-13(2)21-11-10-19-18(17(21)20-12)22-16-9-5-7-14-6-3-4-8-15(14)16/h3-4,6,8,10-11,16H,5,7,9H2,1-2H3. The molecule has 1 aromatic carbocycles. The van der Waals surface area contributed by atoms with Crippen LogP contribution < -0.4 is 4.74 Å². The van der Waals surface area contributed by atoms with E-state index in [1.165, 1.54) is 11.1 Å². The summed E-state index contributed by atoms with van der Waals surface area (Å²) >= 11 is 0. The van der Waals surface area contributed by atoms with Crippen LogP contribution in [0, 0.1) is 13.8 Å². The molecule has 2 aromatic heterocycles. The molecule has 0 N–H and O–H groups in total. The normalized spacial score (nSPS) is 17.5. The highest BCUT2D eigenvalue weighted by Crippen LogP contribution is 2.34. The number of fused-ring (bicyclic) bond motifs is 2. The van der Waals surface area contributed by atoms with E-state index in [1.807, 2.05) is 17.5 Å². The number of hydrogen-bond donors (Lipinski definition) is 0. The first-order valence-electron chi connectivity index (χ1n) is 7.79. The van der Waals surface area contributed by atoms with E-state index < -0.39 is 0 Å². The Morgan fingerprint density at radius 3 is 3.00 bits per heavy atom. The van der Waals surface area contributed by atoms with Crippen LogP contribution in [0.4, 0.5) is 0 Å². The third kappa shape index (κ3) is 2.06. The Morgan fingerprint density at radius 2 is 2.09 bits per heavy atom. The zero-order valence-corrected chi connectivity index (χ0v) is 12.9. The SMILES string of the molecule is Cc1nc2c(OC3CCCc4ccccc43)nccn2c1C. The van der Waals surface area contributed by atoms with Gasteiger partial charge in [0.1, 0.15) is 6.10 Å². The number of benzene rings is 1. The highest BCUT2D eigenvalue weighted by Gasteiger charge is 2.23. The van der Waals surface area contributed by atoms with Gasteiger partial charge in [-0.15, -0.1) is 0 Å². The van der Waals surface area contributed by atoms with Crippen molar-refractivity contribution in [1.29, 1.82) is 0 Å². The molecule has 0 fully saturated rings. The Labute approximate surface area is 129 Å². The summed E-state index contributed by atoms with van der Waals surface area (Å²) in [5, 5.41) is 0. The maximum Gasteiger partial charge on any atom is 0.258 e. The average Bonchev–Trinajstić information content (AvgIpc) is 2.84. The van der Waals surface area contributed by atoms with Crippen molar-refractivity contribution >= 4 is 5.65 Å². The first-order chi connectivity index (χ1) is 10.7. The molecule has 1 unspecified atom stereocenters. The van der Waals surface area contributed by atoms with Crippen LogP contribution in [0.3, 0.4) is 0 Å². The smallest absolute Gasteiger partial charge is 0.258 e. The van der Waals surface area contributed by atoms with Crippen LogP contribution in [0.15, 0.2) is 36.7 Å². The lowest BCUT2D eigenvalue weighted by Crippen LogP contribution is -2.16. The number of imidazole rings is 1. The number of ether oxygens (including phenoxy) is 1. The molecule has 0 amide bonds. The predicted molar refractivity (Wildman–Crippen MR) is 85.2 cm³/mol. The predicted octanol–water partition coefficient (Wildman–Crippen LogP) is 3.80. The molecule has 0 saturated heterocycles. The Balaban J connectivity index is 1.75. The minimum absolute atomic E-state index is 0.0703. The number of aryl methyl sites for hydroxylation is 3. The van der Waals surface area contributed by atoms with Crippen molar-refractivity contribution in [1.82, 2.24) is 14.4 Å². The first kappa shape index (κ1) is 13.3. The summed E-state index contributed by atoms with van der Waals surface area (Å²) in [6.45, 7) is 4.08. The fraction of sp³-hybridized carbons (Fsp3) is 0.333. The van der Waals surface area contributed by atoms with E-state index in [-0.39, 0.29) is 6.10 Å². The summed E-state index contributed by atoms with van der Waals surface area (Å²) in [7, 11) is 0. The van der Waals surface area contributed by atoms with Crippen molar-refractivity contribution in [2.45, 2.75) is 39.2 Å². The molecule has 0 saturated carbocycles. The molecule has 4 heteroatoms. The van der Waals surface area contributed by atoms with E-state index in [0.29, 0.717) is 5.88 Å². The highest BCUT2D eigenvalue weighted by molar-refractivity contribution is 5.52. The Bertz CT molecular complexity index is 837. The van der Waals surface area contributed by atoms with Gasteiger partial charge in [-0.3, -0.25) is 4.40 Å². The molecule has 112 valence electrons. The largest absolute Gasteiger partial charge is 0.467 e. The second-order valence-corrected chi connectivity index (χ2v) is 5.91. The lowest BCUT2D eigenvalue weighted by molar-refractivity contribution is 0.177. The van der Waals surface area contributed by atoms with Gasteiger partial charge in [0, 0.05) is 18.1 Å². The third-order valence-corrected chi connectivity index (χ3v) is 4.55. The average molecular weight is 293 g/mol. The number of hydrogen-bond acceptors (Lipinski definition) is 3. The minimum atomic E-state index is 0.0703. The molecule has 0 aliphatic heterocycles. The molecule has 2 heterocycles. The summed E-state index contributed by atoms with van der Waals surface area (Å²) in [4.78, 5) is 9.03. The topological polar surface area (TPSA) is 39.4 Å². The zero-order chi connectivity index (χ0) is 15.1. The van der Waals surface area contributed by atoms with Crippen LogP contribution in [0.25, 0.3) is 5.65 Å². The Morgan fingerprint density at radius 1 is 1.23 bits per heavy atom. The van der Waals surface area contributed by atoms with Crippen LogP contribution in [0.2, 0.25) is 0 Å². The molecule has 1 aliphatic carbocycles. The van der Waals surface area contributed by atoms with E-state index >= 15 is 0 Å². The van der Waals surface area contributed by atoms with E-state index in [1.54, 1.807) is 6.20 Å². The van der Waals surface area contributed by atoms with Gasteiger partial charge < -0.3 is 4.74 Å². The van der Waals surface area contributed by atoms with Gasteiger partial charge in [-0.2, -0.15) is 0 Å². The minimum Gasteiger partial charge on any atom is -0.467 e. The van der Waals surface area contributed by atoms with Crippen molar-refractivity contribution in [3.8, 4) is 5.88 Å². The molecule has 0 bridgehead atoms. The van der Waals surface area contributed by atoms with Crippen molar-refractivity contribution in [3.63, 3.8) is 0 Å². The van der Waals surface area contributed by atoms with Gasteiger partial charge in [0.15, 0.2) is 0 Å². The van der Waals surface area contributed by atoms with Crippen LogP contribution in [0.1, 0.15) is 41.5 Å². The molecule has 4 rings (SSSR count). The van der Waals surface area contributed by atoms with Crippen molar-refractivity contribution < 1.29 is 4.74 Å². The number of nitrogens with zero attached hydrogens (tertiary/aromatic N) is 3. The van der Waals surface area contributed by atoms with Gasteiger partial charge in [0.2, 0.25) is 5.65 Å². The van der Waals surface area contributed by atoms with Crippen LogP contribution >= 0.6 is 0 Å². The van der Waals surface area contributed by atoms with Gasteiger partial charge in [0.05, 0.1) is 5.69 Å². The highest BCUT2D eigenvalue weighted by atomic mass is 16.5. The monoisotopic (exact) mass is 293 g/mol. The van der Waals surface area contributed by atoms with Crippen LogP contribution in [0.5, 0.6) is 5.88 Å². The fourth-order valence-electron chi connectivity index (χ4n) is 3.24. The molecular weight excluding hydrogens is 274 g/mol. The van der Waals surface area contributed by atoms with Gasteiger partial charge in [0.25, 0.3) is 5.88 Å². The number of aromatic nitrogens is 3. The molecular formula is C18H19N3O. The molecule has 3 aromatic rings. The first-order valence-corrected chi connectivity index (χ1v) is 7.79. The molecule has 0 radical (unpaired) electrons. The second-order valence-electron chi connectivity index (χ2n) is 5.91. The summed E-state index contributed by atoms with van der Waals surface area (Å²) in [5.41, 5.74) is 5.63. The molecule has 1 aliphatic rings. The molecule has 22 heavy (non-hydrogen) atoms. The number of rotatable bonds is 2. The summed E-state index contributed by atoms with van der Waals surface area (Å²) in [6.07, 6.45) is 7.10. The van der Waals surface area contributed by atoms with Gasteiger partial charge in [-0.25, -0.2) is 9.97 Å².